The highest BCUT2D eigenvalue weighted by Crippen LogP contribution is 2.19. The van der Waals surface area contributed by atoms with E-state index in [0.29, 0.717) is 12.5 Å². The molecule has 0 unspecified atom stereocenters. The number of aryl methyl sites for hydroxylation is 2. The summed E-state index contributed by atoms with van der Waals surface area (Å²) in [6.07, 6.45) is 2.52. The second-order valence-corrected chi connectivity index (χ2v) is 6.01. The topological polar surface area (TPSA) is 49.8 Å². The molecule has 0 amide bonds. The summed E-state index contributed by atoms with van der Waals surface area (Å²) in [5.74, 6) is 1.10. The van der Waals surface area contributed by atoms with Crippen molar-refractivity contribution in [3.8, 4) is 0 Å². The number of nitrogens with zero attached hydrogens (tertiary/aromatic N) is 2. The highest BCUT2D eigenvalue weighted by atomic mass is 19.1. The molecule has 0 aliphatic heterocycles. The average Bonchev–Trinajstić information content (AvgIpc) is 2.60. The molecule has 4 nitrogen and oxygen atoms in total. The zero-order chi connectivity index (χ0) is 17.6. The van der Waals surface area contributed by atoms with Gasteiger partial charge in [0.05, 0.1) is 0 Å². The lowest BCUT2D eigenvalue weighted by atomic mass is 10.1. The van der Waals surface area contributed by atoms with Crippen LogP contribution >= 0.6 is 0 Å². The number of nitrogens with one attached hydrogen (secondary N) is 2. The van der Waals surface area contributed by atoms with Gasteiger partial charge in [0.1, 0.15) is 11.6 Å². The summed E-state index contributed by atoms with van der Waals surface area (Å²) < 4.78 is 12.9. The van der Waals surface area contributed by atoms with E-state index in [4.69, 9.17) is 0 Å². The van der Waals surface area contributed by atoms with Gasteiger partial charge in [0.25, 0.3) is 0 Å². The lowest BCUT2D eigenvalue weighted by molar-refractivity contribution is 0.627. The first kappa shape index (κ1) is 16.9. The van der Waals surface area contributed by atoms with E-state index in [1.807, 2.05) is 12.1 Å². The quantitative estimate of drug-likeness (QED) is 0.689. The first-order chi connectivity index (χ1) is 12.1. The van der Waals surface area contributed by atoms with Crippen LogP contribution in [0, 0.1) is 19.7 Å². The van der Waals surface area contributed by atoms with E-state index in [1.165, 1.54) is 17.7 Å². The molecule has 0 radical (unpaired) electrons. The van der Waals surface area contributed by atoms with Crippen molar-refractivity contribution in [2.24, 2.45) is 0 Å². The minimum absolute atomic E-state index is 0.213. The second kappa shape index (κ2) is 7.75. The SMILES string of the molecule is Cc1ccc(Nc2nccc(NCCc3ccc(F)cc3)n2)c(C)c1. The van der Waals surface area contributed by atoms with Gasteiger partial charge in [-0.25, -0.2) is 9.37 Å². The van der Waals surface area contributed by atoms with Crippen LogP contribution < -0.4 is 10.6 Å². The van der Waals surface area contributed by atoms with Crippen LogP contribution in [0.1, 0.15) is 16.7 Å². The number of halogens is 1. The van der Waals surface area contributed by atoms with E-state index in [1.54, 1.807) is 18.3 Å². The summed E-state index contributed by atoms with van der Waals surface area (Å²) in [5, 5.41) is 6.52. The van der Waals surface area contributed by atoms with Crippen LogP contribution in [0.5, 0.6) is 0 Å². The smallest absolute Gasteiger partial charge is 0.229 e. The molecular formula is C20H21FN4. The van der Waals surface area contributed by atoms with E-state index in [2.05, 4.69) is 46.6 Å². The summed E-state index contributed by atoms with van der Waals surface area (Å²) in [7, 11) is 0. The van der Waals surface area contributed by atoms with Crippen LogP contribution in [-0.2, 0) is 6.42 Å². The highest BCUT2D eigenvalue weighted by molar-refractivity contribution is 5.59. The maximum absolute atomic E-state index is 12.9. The van der Waals surface area contributed by atoms with Gasteiger partial charge in [0.15, 0.2) is 0 Å². The van der Waals surface area contributed by atoms with Gasteiger partial charge in [-0.1, -0.05) is 29.8 Å². The molecule has 128 valence electrons. The zero-order valence-electron chi connectivity index (χ0n) is 14.4. The molecule has 0 spiro atoms. The van der Waals surface area contributed by atoms with Crippen molar-refractivity contribution in [1.29, 1.82) is 0 Å². The minimum Gasteiger partial charge on any atom is -0.370 e. The first-order valence-electron chi connectivity index (χ1n) is 8.26. The van der Waals surface area contributed by atoms with Crippen molar-refractivity contribution in [3.63, 3.8) is 0 Å². The largest absolute Gasteiger partial charge is 0.370 e. The van der Waals surface area contributed by atoms with Gasteiger partial charge in [-0.15, -0.1) is 0 Å². The van der Waals surface area contributed by atoms with Gasteiger partial charge >= 0.3 is 0 Å². The van der Waals surface area contributed by atoms with E-state index >= 15 is 0 Å². The fourth-order valence-corrected chi connectivity index (χ4v) is 2.58. The van der Waals surface area contributed by atoms with Crippen molar-refractivity contribution in [3.05, 3.63) is 77.2 Å². The van der Waals surface area contributed by atoms with Gasteiger partial charge in [0.2, 0.25) is 5.95 Å². The van der Waals surface area contributed by atoms with Crippen molar-refractivity contribution in [2.75, 3.05) is 17.2 Å². The molecule has 1 heterocycles. The fourth-order valence-electron chi connectivity index (χ4n) is 2.58. The van der Waals surface area contributed by atoms with Crippen LogP contribution in [0.25, 0.3) is 0 Å². The number of aromatic nitrogens is 2. The predicted molar refractivity (Wildman–Crippen MR) is 99.8 cm³/mol. The maximum Gasteiger partial charge on any atom is 0.229 e. The third-order valence-corrected chi connectivity index (χ3v) is 3.92. The molecule has 3 rings (SSSR count). The normalized spacial score (nSPS) is 10.5. The summed E-state index contributed by atoms with van der Waals surface area (Å²) in [5.41, 5.74) is 4.45. The third kappa shape index (κ3) is 4.76. The molecule has 1 aromatic heterocycles. The van der Waals surface area contributed by atoms with Gasteiger partial charge in [-0.2, -0.15) is 4.98 Å². The molecule has 2 N–H and O–H groups in total. The molecule has 5 heteroatoms. The molecule has 0 aliphatic rings. The van der Waals surface area contributed by atoms with Gasteiger partial charge in [-0.05, 0) is 55.7 Å². The molecular weight excluding hydrogens is 315 g/mol. The number of hydrogen-bond acceptors (Lipinski definition) is 4. The molecule has 0 aliphatic carbocycles. The Morgan fingerprint density at radius 1 is 1.00 bits per heavy atom. The van der Waals surface area contributed by atoms with Crippen molar-refractivity contribution < 1.29 is 4.39 Å². The van der Waals surface area contributed by atoms with Crippen LogP contribution in [0.3, 0.4) is 0 Å². The maximum atomic E-state index is 12.9. The summed E-state index contributed by atoms with van der Waals surface area (Å²) in [6, 6.07) is 14.6. The van der Waals surface area contributed by atoms with E-state index in [9.17, 15) is 4.39 Å². The Balaban J connectivity index is 1.60. The molecule has 0 fully saturated rings. The molecule has 3 aromatic rings. The Morgan fingerprint density at radius 3 is 2.56 bits per heavy atom. The standard InChI is InChI=1S/C20H21FN4/c1-14-3-8-18(15(2)13-14)24-20-23-12-10-19(25-20)22-11-9-16-4-6-17(21)7-5-16/h3-8,10,12-13H,9,11H2,1-2H3,(H2,22,23,24,25). The first-order valence-corrected chi connectivity index (χ1v) is 8.26. The number of hydrogen-bond donors (Lipinski definition) is 2. The Hall–Kier alpha value is -2.95. The molecule has 2 aromatic carbocycles. The Labute approximate surface area is 147 Å². The third-order valence-electron chi connectivity index (χ3n) is 3.92. The van der Waals surface area contributed by atoms with Crippen molar-refractivity contribution in [1.82, 2.24) is 9.97 Å². The lowest BCUT2D eigenvalue weighted by Crippen LogP contribution is -2.08. The number of anilines is 3. The van der Waals surface area contributed by atoms with Crippen molar-refractivity contribution >= 4 is 17.5 Å². The Bertz CT molecular complexity index is 847. The predicted octanol–water partition coefficient (Wildman–Crippen LogP) is 4.63. The van der Waals surface area contributed by atoms with Crippen LogP contribution in [-0.4, -0.2) is 16.5 Å². The van der Waals surface area contributed by atoms with Crippen molar-refractivity contribution in [2.45, 2.75) is 20.3 Å². The Kier molecular flexibility index (Phi) is 5.23. The molecule has 25 heavy (non-hydrogen) atoms. The molecule has 0 atom stereocenters. The van der Waals surface area contributed by atoms with E-state index in [-0.39, 0.29) is 5.82 Å². The van der Waals surface area contributed by atoms with Crippen LogP contribution in [0.15, 0.2) is 54.7 Å². The number of rotatable bonds is 6. The lowest BCUT2D eigenvalue weighted by Gasteiger charge is -2.10. The molecule has 0 bridgehead atoms. The van der Waals surface area contributed by atoms with Crippen LogP contribution in [0.2, 0.25) is 0 Å². The summed E-state index contributed by atoms with van der Waals surface area (Å²) >= 11 is 0. The monoisotopic (exact) mass is 336 g/mol. The number of benzene rings is 2. The fraction of sp³-hybridized carbons (Fsp3) is 0.200. The summed E-state index contributed by atoms with van der Waals surface area (Å²) in [4.78, 5) is 8.75. The van der Waals surface area contributed by atoms with Gasteiger partial charge in [0, 0.05) is 18.4 Å². The zero-order valence-corrected chi connectivity index (χ0v) is 14.4. The molecule has 0 saturated heterocycles. The second-order valence-electron chi connectivity index (χ2n) is 6.01. The van der Waals surface area contributed by atoms with E-state index < -0.39 is 0 Å². The van der Waals surface area contributed by atoms with Gasteiger partial charge < -0.3 is 10.6 Å². The Morgan fingerprint density at radius 2 is 1.80 bits per heavy atom. The van der Waals surface area contributed by atoms with E-state index in [0.717, 1.165) is 29.1 Å². The highest BCUT2D eigenvalue weighted by Gasteiger charge is 2.03. The molecule has 0 saturated carbocycles. The average molecular weight is 336 g/mol. The van der Waals surface area contributed by atoms with Crippen LogP contribution in [0.4, 0.5) is 21.8 Å². The summed E-state index contributed by atoms with van der Waals surface area (Å²) in [6.45, 7) is 4.84. The van der Waals surface area contributed by atoms with Gasteiger partial charge in [-0.3, -0.25) is 0 Å². The minimum atomic E-state index is -0.213.